The molecule has 0 aliphatic rings. The molecule has 0 rings (SSSR count). The molecule has 0 fully saturated rings. The maximum Gasteiger partial charge on any atom is 0.471 e. The van der Waals surface area contributed by atoms with E-state index >= 15 is 0 Å². The van der Waals surface area contributed by atoms with E-state index in [9.17, 15) is 124 Å². The van der Waals surface area contributed by atoms with Gasteiger partial charge in [-0.15, -0.1) is 0 Å². The molecular formula is C5H19O32P9. The molecule has 0 radical (unpaired) electrons. The van der Waals surface area contributed by atoms with Crippen molar-refractivity contribution in [2.24, 2.45) is 0 Å². The number of hydrogen-bond donors (Lipinski definition) is 18. The molecule has 0 aromatic heterocycles. The van der Waals surface area contributed by atoms with Crippen LogP contribution in [0.25, 0.3) is 0 Å². The molecule has 0 aliphatic carbocycles. The predicted octanol–water partition coefficient (Wildman–Crippen LogP) is -4.75. The van der Waals surface area contributed by atoms with Crippen molar-refractivity contribution in [1.82, 2.24) is 0 Å². The van der Waals surface area contributed by atoms with Gasteiger partial charge in [-0.2, -0.15) is 0 Å². The van der Waals surface area contributed by atoms with Gasteiger partial charge in [0.1, 0.15) is 0 Å². The minimum Gasteiger partial charge on any atom is -0.323 e. The Bertz CT molecular complexity index is 1620. The zero-order chi connectivity index (χ0) is 38.0. The summed E-state index contributed by atoms with van der Waals surface area (Å²) < 4.78 is 123. The topological polar surface area (TPSA) is 572 Å². The molecule has 0 bridgehead atoms. The van der Waals surface area contributed by atoms with Crippen LogP contribution >= 0.6 is 69.3 Å². The Balaban J connectivity index is 10.5. The number of phosphoric acid groups is 4. The molecule has 1 unspecified atom stereocenters. The van der Waals surface area contributed by atoms with Crippen LogP contribution < -0.4 is 0 Å². The highest BCUT2D eigenvalue weighted by Crippen LogP contribution is 2.86. The van der Waals surface area contributed by atoms with Crippen LogP contribution in [-0.4, -0.2) is 115 Å². The smallest absolute Gasteiger partial charge is 0.323 e. The average Bonchev–Trinajstić information content (AvgIpc) is 2.65. The first-order valence-electron chi connectivity index (χ1n) is 9.22. The Morgan fingerprint density at radius 2 is 0.804 bits per heavy atom. The Hall–Kier alpha value is 0.860. The normalized spacial score (nSPS) is 19.9. The lowest BCUT2D eigenvalue weighted by molar-refractivity contribution is -0.170. The lowest BCUT2D eigenvalue weighted by atomic mass is 10.1. The fourth-order valence-electron chi connectivity index (χ4n) is 3.33. The van der Waals surface area contributed by atoms with Crippen LogP contribution in [0.5, 0.6) is 0 Å². The largest absolute Gasteiger partial charge is 0.471 e. The van der Waals surface area contributed by atoms with E-state index < -0.39 is 96.7 Å². The van der Waals surface area contributed by atoms with Gasteiger partial charge in [0.25, 0.3) is 21.6 Å². The van der Waals surface area contributed by atoms with E-state index in [0.29, 0.717) is 0 Å². The molecule has 0 saturated carbocycles. The Labute approximate surface area is 249 Å². The Morgan fingerprint density at radius 1 is 0.457 bits per heavy atom. The number of carbonyl (C=O) groups is 1. The van der Waals surface area contributed by atoms with Gasteiger partial charge >= 0.3 is 69.3 Å². The summed E-state index contributed by atoms with van der Waals surface area (Å²) in [5, 5.41) is -21.6. The minimum atomic E-state index is -8.80. The van der Waals surface area contributed by atoms with Crippen molar-refractivity contribution in [3.8, 4) is 0 Å². The summed E-state index contributed by atoms with van der Waals surface area (Å²) in [6.07, 6.45) is 0. The molecule has 0 heterocycles. The standard InChI is InChI=1S/C5H19O32P9/c6-1(38(7,8)9)3(40(13,14)15,35-44(25,26)27)5(42(19,20)21,37-46(31,32)33)4(41(16,17)18,36-45(28,29)30)2(39(10,11)12)34-43(22,23)24/h2H,(H2,7,8,9)(H2,10,11,12)(H2,13,14,15)(H2,16,17,18)(H2,19,20,21)(H2,22,23,24)(H2,25,26,27)(H2,28,29,30)(H2,31,32,33)/t2?,3-,4+,5-/m1/s1. The van der Waals surface area contributed by atoms with Gasteiger partial charge in [-0.1, -0.05) is 0 Å². The van der Waals surface area contributed by atoms with Gasteiger partial charge in [-0.3, -0.25) is 45.7 Å². The minimum absolute atomic E-state index is 3.15. The highest BCUT2D eigenvalue weighted by molar-refractivity contribution is 7.74. The monoisotopic (exact) mass is 870 g/mol. The van der Waals surface area contributed by atoms with Crippen molar-refractivity contribution in [3.63, 3.8) is 0 Å². The number of carbonyl (C=O) groups excluding carboxylic acids is 1. The predicted molar refractivity (Wildman–Crippen MR) is 130 cm³/mol. The quantitative estimate of drug-likeness (QED) is 0.0610. The SMILES string of the molecule is O=C([C@](OP(=O)(O)O)([C@](OP(=O)(O)O)([C@](OP(=O)(O)O)(C(OP(=O)(O)O)P(=O)(O)O)P(=O)(O)O)P(=O)(O)O)P(=O)(O)O)P(=O)(O)O. The first-order valence-corrected chi connectivity index (χ1v) is 23.5. The summed E-state index contributed by atoms with van der Waals surface area (Å²) in [6, 6.07) is 0. The van der Waals surface area contributed by atoms with Crippen molar-refractivity contribution in [1.29, 1.82) is 0 Å². The van der Waals surface area contributed by atoms with Gasteiger partial charge < -0.3 is 88.1 Å². The molecule has 276 valence electrons. The summed E-state index contributed by atoms with van der Waals surface area (Å²) in [4.78, 5) is 186. The molecule has 0 amide bonds. The van der Waals surface area contributed by atoms with E-state index in [0.717, 1.165) is 0 Å². The van der Waals surface area contributed by atoms with Gasteiger partial charge in [-0.25, -0.2) is 18.3 Å². The van der Waals surface area contributed by atoms with Crippen molar-refractivity contribution in [2.45, 2.75) is 21.9 Å². The van der Waals surface area contributed by atoms with Crippen molar-refractivity contribution >= 4 is 74.8 Å². The van der Waals surface area contributed by atoms with E-state index in [1.165, 1.54) is 0 Å². The van der Waals surface area contributed by atoms with E-state index in [-0.39, 0.29) is 0 Å². The van der Waals surface area contributed by atoms with E-state index in [4.69, 9.17) is 9.79 Å². The third-order valence-electron chi connectivity index (χ3n) is 4.39. The van der Waals surface area contributed by atoms with Crippen LogP contribution in [0.3, 0.4) is 0 Å². The van der Waals surface area contributed by atoms with Crippen molar-refractivity contribution in [2.75, 3.05) is 0 Å². The van der Waals surface area contributed by atoms with Crippen LogP contribution in [0, 0.1) is 0 Å². The maximum absolute atomic E-state index is 13.1. The zero-order valence-electron chi connectivity index (χ0n) is 20.4. The first-order chi connectivity index (χ1) is 19.4. The zero-order valence-corrected chi connectivity index (χ0v) is 28.4. The van der Waals surface area contributed by atoms with E-state index in [1.54, 1.807) is 0 Å². The molecular weight excluding hydrogens is 851 g/mol. The highest BCUT2D eigenvalue weighted by Gasteiger charge is 2.95. The fraction of sp³-hybridized carbons (Fsp3) is 0.800. The van der Waals surface area contributed by atoms with Crippen LogP contribution in [0.4, 0.5) is 0 Å². The average molecular weight is 870 g/mol. The van der Waals surface area contributed by atoms with Crippen LogP contribution in [-0.2, 0) is 64.0 Å². The summed E-state index contributed by atoms with van der Waals surface area (Å²) in [7, 11) is -71.9. The summed E-state index contributed by atoms with van der Waals surface area (Å²) in [6.45, 7) is 0. The van der Waals surface area contributed by atoms with Crippen LogP contribution in [0.2, 0.25) is 0 Å². The molecule has 41 heteroatoms. The maximum atomic E-state index is 13.1. The fourth-order valence-corrected chi connectivity index (χ4v) is 16.8. The van der Waals surface area contributed by atoms with Gasteiger partial charge in [-0.05, 0) is 0 Å². The molecule has 32 nitrogen and oxygen atoms in total. The van der Waals surface area contributed by atoms with Crippen LogP contribution in [0.15, 0.2) is 0 Å². The van der Waals surface area contributed by atoms with Crippen molar-refractivity contribution < 1.29 is 152 Å². The van der Waals surface area contributed by atoms with Gasteiger partial charge in [0.15, 0.2) is 0 Å². The second-order valence-electron chi connectivity index (χ2n) is 7.75. The lowest BCUT2D eigenvalue weighted by Gasteiger charge is -2.55. The van der Waals surface area contributed by atoms with Crippen molar-refractivity contribution in [3.05, 3.63) is 0 Å². The second-order valence-corrected chi connectivity index (χ2v) is 20.8. The Morgan fingerprint density at radius 3 is 1.00 bits per heavy atom. The van der Waals surface area contributed by atoms with E-state index in [2.05, 4.69) is 18.1 Å². The first kappa shape index (κ1) is 46.9. The van der Waals surface area contributed by atoms with Crippen LogP contribution in [0.1, 0.15) is 0 Å². The molecule has 0 aromatic rings. The molecule has 18 N–H and O–H groups in total. The molecule has 46 heavy (non-hydrogen) atoms. The Kier molecular flexibility index (Phi) is 13.7. The molecule has 0 saturated heterocycles. The summed E-state index contributed by atoms with van der Waals surface area (Å²) >= 11 is 0. The second kappa shape index (κ2) is 13.4. The number of phosphoric ester groups is 4. The number of rotatable bonds is 17. The van der Waals surface area contributed by atoms with Gasteiger partial charge in [0.2, 0.25) is 5.85 Å². The highest BCUT2D eigenvalue weighted by atomic mass is 31.2. The summed E-state index contributed by atoms with van der Waals surface area (Å²) in [5.74, 6) is -5.61. The molecule has 4 atom stereocenters. The summed E-state index contributed by atoms with van der Waals surface area (Å²) in [5.41, 5.74) is -4.48. The van der Waals surface area contributed by atoms with Gasteiger partial charge in [0.05, 0.1) is 0 Å². The molecule has 0 spiro atoms. The van der Waals surface area contributed by atoms with Gasteiger partial charge in [0, 0.05) is 0 Å². The third-order valence-corrected chi connectivity index (χ3v) is 14.2. The van der Waals surface area contributed by atoms with E-state index in [1.807, 2.05) is 0 Å². The lowest BCUT2D eigenvalue weighted by Crippen LogP contribution is -2.74. The number of hydrogen-bond acceptors (Lipinski definition) is 14. The third kappa shape index (κ3) is 10.0. The molecule has 0 aliphatic heterocycles. The molecule has 0 aromatic carbocycles.